The van der Waals surface area contributed by atoms with E-state index >= 15 is 0 Å². The van der Waals surface area contributed by atoms with Gasteiger partial charge in [-0.15, -0.1) is 0 Å². The molecule has 0 aliphatic rings. The summed E-state index contributed by atoms with van der Waals surface area (Å²) in [4.78, 5) is 31.2. The Kier molecular flexibility index (Phi) is 5.70. The third-order valence-electron chi connectivity index (χ3n) is 5.45. The zero-order valence-electron chi connectivity index (χ0n) is 17.9. The van der Waals surface area contributed by atoms with Crippen LogP contribution in [0, 0.1) is 0 Å². The maximum atomic E-state index is 12.7. The average molecular weight is 419 g/mol. The van der Waals surface area contributed by atoms with Crippen molar-refractivity contribution in [2.24, 2.45) is 0 Å². The zero-order valence-corrected chi connectivity index (χ0v) is 17.9. The Balaban J connectivity index is 1.53. The molecule has 8 heteroatoms. The van der Waals surface area contributed by atoms with Gasteiger partial charge in [0.1, 0.15) is 6.54 Å². The molecule has 1 aromatic carbocycles. The number of nitrogens with one attached hydrogen (secondary N) is 1. The molecule has 0 aliphatic carbocycles. The van der Waals surface area contributed by atoms with E-state index in [1.807, 2.05) is 60.7 Å². The lowest BCUT2D eigenvalue weighted by molar-refractivity contribution is -0.131. The van der Waals surface area contributed by atoms with Crippen LogP contribution in [-0.4, -0.2) is 44.5 Å². The smallest absolute Gasteiger partial charge is 0.257 e. The zero-order chi connectivity index (χ0) is 22.0. The molecule has 0 spiro atoms. The van der Waals surface area contributed by atoms with Crippen LogP contribution >= 0.6 is 0 Å². The predicted octanol–water partition coefficient (Wildman–Crippen LogP) is 3.86. The fraction of sp³-hybridized carbons (Fsp3) is 0.304. The van der Waals surface area contributed by atoms with Crippen molar-refractivity contribution in [1.29, 1.82) is 0 Å². The second kappa shape index (κ2) is 8.59. The lowest BCUT2D eigenvalue weighted by Gasteiger charge is -2.19. The van der Waals surface area contributed by atoms with Gasteiger partial charge in [0.25, 0.3) is 11.6 Å². The highest BCUT2D eigenvalue weighted by Gasteiger charge is 2.15. The first-order valence-electron chi connectivity index (χ1n) is 10.5. The standard InChI is InChI=1S/C23H25N5O3/c1-4-19-18-12-16(13-24-23(18)31-26-19)22(30)25-17-7-8-20-15(11-17)9-10-28(20)14-21(29)27(5-2)6-3/h7-13H,4-6,14H2,1-3H3,(H,25,30). The Morgan fingerprint density at radius 1 is 1.13 bits per heavy atom. The van der Waals surface area contributed by atoms with Crippen molar-refractivity contribution in [3.05, 3.63) is 54.0 Å². The maximum Gasteiger partial charge on any atom is 0.257 e. The summed E-state index contributed by atoms with van der Waals surface area (Å²) in [5.74, 6) is -0.170. The van der Waals surface area contributed by atoms with Crippen molar-refractivity contribution >= 4 is 39.5 Å². The van der Waals surface area contributed by atoms with Crippen LogP contribution in [0.25, 0.3) is 22.0 Å². The number of rotatable bonds is 7. The van der Waals surface area contributed by atoms with Crippen molar-refractivity contribution in [2.75, 3.05) is 18.4 Å². The molecule has 0 radical (unpaired) electrons. The Hall–Kier alpha value is -3.68. The van der Waals surface area contributed by atoms with Crippen molar-refractivity contribution in [1.82, 2.24) is 19.6 Å². The molecule has 4 aromatic rings. The van der Waals surface area contributed by atoms with Crippen LogP contribution in [0.5, 0.6) is 0 Å². The quantitative estimate of drug-likeness (QED) is 0.491. The lowest BCUT2D eigenvalue weighted by Crippen LogP contribution is -2.33. The molecule has 4 rings (SSSR count). The molecule has 0 fully saturated rings. The third kappa shape index (κ3) is 4.01. The fourth-order valence-electron chi connectivity index (χ4n) is 3.70. The third-order valence-corrected chi connectivity index (χ3v) is 5.45. The van der Waals surface area contributed by atoms with E-state index in [1.54, 1.807) is 6.07 Å². The Labute approximate surface area is 179 Å². The van der Waals surface area contributed by atoms with Crippen LogP contribution in [0.3, 0.4) is 0 Å². The first kappa shape index (κ1) is 20.6. The topological polar surface area (TPSA) is 93.3 Å². The molecule has 2 amide bonds. The molecule has 0 bridgehead atoms. The number of aryl methyl sites for hydroxylation is 1. The molecule has 3 heterocycles. The van der Waals surface area contributed by atoms with Crippen LogP contribution in [0.1, 0.15) is 36.8 Å². The number of anilines is 1. The van der Waals surface area contributed by atoms with Crippen LogP contribution in [0.15, 0.2) is 47.2 Å². The maximum absolute atomic E-state index is 12.7. The summed E-state index contributed by atoms with van der Waals surface area (Å²) in [6.07, 6.45) is 4.08. The number of pyridine rings is 1. The van der Waals surface area contributed by atoms with Crippen molar-refractivity contribution in [3.63, 3.8) is 0 Å². The van der Waals surface area contributed by atoms with E-state index in [0.717, 1.165) is 22.0 Å². The summed E-state index contributed by atoms with van der Waals surface area (Å²) >= 11 is 0. The average Bonchev–Trinajstić information content (AvgIpc) is 3.37. The number of hydrogen-bond acceptors (Lipinski definition) is 5. The summed E-state index contributed by atoms with van der Waals surface area (Å²) in [5, 5.41) is 8.60. The van der Waals surface area contributed by atoms with Gasteiger partial charge in [0.2, 0.25) is 5.91 Å². The van der Waals surface area contributed by atoms with E-state index in [-0.39, 0.29) is 11.8 Å². The summed E-state index contributed by atoms with van der Waals surface area (Å²) in [5.41, 5.74) is 3.26. The molecule has 31 heavy (non-hydrogen) atoms. The molecule has 1 N–H and O–H groups in total. The number of nitrogens with zero attached hydrogens (tertiary/aromatic N) is 4. The second-order valence-corrected chi connectivity index (χ2v) is 7.30. The largest absolute Gasteiger partial charge is 0.342 e. The van der Waals surface area contributed by atoms with Gasteiger partial charge in [-0.1, -0.05) is 12.1 Å². The van der Waals surface area contributed by atoms with E-state index in [2.05, 4.69) is 15.5 Å². The molecule has 160 valence electrons. The molecule has 0 saturated carbocycles. The number of fused-ring (bicyclic) bond motifs is 2. The summed E-state index contributed by atoms with van der Waals surface area (Å²) in [6, 6.07) is 9.34. The van der Waals surface area contributed by atoms with Crippen LogP contribution in [-0.2, 0) is 17.8 Å². The minimum atomic E-state index is -0.256. The predicted molar refractivity (Wildman–Crippen MR) is 119 cm³/mol. The highest BCUT2D eigenvalue weighted by atomic mass is 16.5. The molecule has 0 aliphatic heterocycles. The van der Waals surface area contributed by atoms with Gasteiger partial charge in [-0.05, 0) is 50.6 Å². The summed E-state index contributed by atoms with van der Waals surface area (Å²) < 4.78 is 7.11. The molecule has 0 unspecified atom stereocenters. The summed E-state index contributed by atoms with van der Waals surface area (Å²) in [7, 11) is 0. The number of carbonyl (C=O) groups is 2. The van der Waals surface area contributed by atoms with E-state index < -0.39 is 0 Å². The number of carbonyl (C=O) groups excluding carboxylic acids is 2. The van der Waals surface area contributed by atoms with Gasteiger partial charge in [-0.3, -0.25) is 9.59 Å². The Bertz CT molecular complexity index is 1250. The SMILES string of the molecule is CCc1noc2ncc(C(=O)Nc3ccc4c(ccn4CC(=O)N(CC)CC)c3)cc12. The number of hydrogen-bond donors (Lipinski definition) is 1. The van der Waals surface area contributed by atoms with Crippen LogP contribution in [0.2, 0.25) is 0 Å². The highest BCUT2D eigenvalue weighted by Crippen LogP contribution is 2.22. The van der Waals surface area contributed by atoms with Gasteiger partial charge >= 0.3 is 0 Å². The van der Waals surface area contributed by atoms with Gasteiger partial charge in [-0.25, -0.2) is 4.98 Å². The molecule has 0 saturated heterocycles. The highest BCUT2D eigenvalue weighted by molar-refractivity contribution is 6.06. The minimum absolute atomic E-state index is 0.0861. The molecular formula is C23H25N5O3. The second-order valence-electron chi connectivity index (χ2n) is 7.30. The monoisotopic (exact) mass is 419 g/mol. The first-order valence-corrected chi connectivity index (χ1v) is 10.5. The van der Waals surface area contributed by atoms with E-state index in [4.69, 9.17) is 4.52 Å². The van der Waals surface area contributed by atoms with Crippen molar-refractivity contribution in [3.8, 4) is 0 Å². The summed E-state index contributed by atoms with van der Waals surface area (Å²) in [6.45, 7) is 7.61. The molecular weight excluding hydrogens is 394 g/mol. The number of likely N-dealkylation sites (N-methyl/N-ethyl adjacent to an activating group) is 1. The van der Waals surface area contributed by atoms with E-state index in [0.29, 0.717) is 43.0 Å². The fourth-order valence-corrected chi connectivity index (χ4v) is 3.70. The Morgan fingerprint density at radius 2 is 1.94 bits per heavy atom. The van der Waals surface area contributed by atoms with Crippen LogP contribution in [0.4, 0.5) is 5.69 Å². The Morgan fingerprint density at radius 3 is 2.68 bits per heavy atom. The van der Waals surface area contributed by atoms with Gasteiger partial charge in [0, 0.05) is 42.1 Å². The molecule has 0 atom stereocenters. The van der Waals surface area contributed by atoms with E-state index in [9.17, 15) is 9.59 Å². The lowest BCUT2D eigenvalue weighted by atomic mass is 10.1. The van der Waals surface area contributed by atoms with Crippen molar-refractivity contribution < 1.29 is 14.1 Å². The van der Waals surface area contributed by atoms with Gasteiger partial charge < -0.3 is 19.3 Å². The van der Waals surface area contributed by atoms with Gasteiger partial charge in [-0.2, -0.15) is 0 Å². The molecule has 8 nitrogen and oxygen atoms in total. The van der Waals surface area contributed by atoms with Gasteiger partial charge in [0.05, 0.1) is 16.6 Å². The van der Waals surface area contributed by atoms with Gasteiger partial charge in [0.15, 0.2) is 0 Å². The number of benzene rings is 1. The van der Waals surface area contributed by atoms with E-state index in [1.165, 1.54) is 6.20 Å². The first-order chi connectivity index (χ1) is 15.0. The van der Waals surface area contributed by atoms with Crippen LogP contribution < -0.4 is 5.32 Å². The molecule has 3 aromatic heterocycles. The van der Waals surface area contributed by atoms with Crippen molar-refractivity contribution in [2.45, 2.75) is 33.7 Å². The number of aromatic nitrogens is 3. The normalized spacial score (nSPS) is 11.2. The minimum Gasteiger partial charge on any atom is -0.342 e. The number of amides is 2.